The number of fused-ring (bicyclic) bond motifs is 1. The SMILES string of the molecule is Cc1ccccc1NC(=O)N1CC[C@H](c2ccc3c(c2)OCO3)C1. The van der Waals surface area contributed by atoms with E-state index in [4.69, 9.17) is 9.47 Å². The molecule has 0 aliphatic carbocycles. The predicted molar refractivity (Wildman–Crippen MR) is 91.7 cm³/mol. The van der Waals surface area contributed by atoms with E-state index in [1.807, 2.05) is 48.2 Å². The second kappa shape index (κ2) is 6.07. The zero-order chi connectivity index (χ0) is 16.5. The third kappa shape index (κ3) is 2.77. The zero-order valence-electron chi connectivity index (χ0n) is 13.6. The van der Waals surface area contributed by atoms with Crippen LogP contribution in [0.4, 0.5) is 10.5 Å². The van der Waals surface area contributed by atoms with Gasteiger partial charge in [0, 0.05) is 24.7 Å². The Morgan fingerprint density at radius 2 is 2.00 bits per heavy atom. The van der Waals surface area contributed by atoms with Gasteiger partial charge in [-0.05, 0) is 42.7 Å². The van der Waals surface area contributed by atoms with Gasteiger partial charge >= 0.3 is 6.03 Å². The van der Waals surface area contributed by atoms with E-state index in [1.54, 1.807) is 0 Å². The van der Waals surface area contributed by atoms with Gasteiger partial charge in [-0.3, -0.25) is 0 Å². The minimum absolute atomic E-state index is 0.0347. The molecule has 5 heteroatoms. The predicted octanol–water partition coefficient (Wildman–Crippen LogP) is 3.75. The van der Waals surface area contributed by atoms with Crippen LogP contribution in [0.2, 0.25) is 0 Å². The average Bonchev–Trinajstić information content (AvgIpc) is 3.25. The molecule has 1 N–H and O–H groups in total. The first-order valence-corrected chi connectivity index (χ1v) is 8.22. The van der Waals surface area contributed by atoms with Crippen LogP contribution in [0, 0.1) is 6.92 Å². The van der Waals surface area contributed by atoms with Crippen molar-refractivity contribution >= 4 is 11.7 Å². The van der Waals surface area contributed by atoms with Crippen LogP contribution in [0.5, 0.6) is 11.5 Å². The topological polar surface area (TPSA) is 50.8 Å². The Labute approximate surface area is 141 Å². The molecule has 0 bridgehead atoms. The molecule has 4 rings (SSSR count). The number of urea groups is 1. The molecule has 0 spiro atoms. The van der Waals surface area contributed by atoms with Gasteiger partial charge in [0.2, 0.25) is 6.79 Å². The summed E-state index contributed by atoms with van der Waals surface area (Å²) in [6, 6.07) is 13.9. The fourth-order valence-corrected chi connectivity index (χ4v) is 3.29. The molecule has 124 valence electrons. The quantitative estimate of drug-likeness (QED) is 0.915. The minimum atomic E-state index is -0.0347. The van der Waals surface area contributed by atoms with Crippen molar-refractivity contribution in [1.82, 2.24) is 4.90 Å². The monoisotopic (exact) mass is 324 g/mol. The summed E-state index contributed by atoms with van der Waals surface area (Å²) in [6.45, 7) is 3.76. The van der Waals surface area contributed by atoms with Gasteiger partial charge in [-0.1, -0.05) is 24.3 Å². The molecule has 24 heavy (non-hydrogen) atoms. The van der Waals surface area contributed by atoms with Crippen molar-refractivity contribution in [1.29, 1.82) is 0 Å². The molecule has 0 radical (unpaired) electrons. The van der Waals surface area contributed by atoms with E-state index in [0.29, 0.717) is 5.92 Å². The van der Waals surface area contributed by atoms with E-state index in [2.05, 4.69) is 11.4 Å². The molecule has 2 amide bonds. The number of likely N-dealkylation sites (tertiary alicyclic amines) is 1. The Morgan fingerprint density at radius 3 is 2.88 bits per heavy atom. The van der Waals surface area contributed by atoms with Crippen LogP contribution in [0.25, 0.3) is 0 Å². The number of carbonyl (C=O) groups is 1. The van der Waals surface area contributed by atoms with E-state index >= 15 is 0 Å². The summed E-state index contributed by atoms with van der Waals surface area (Å²) in [4.78, 5) is 14.4. The van der Waals surface area contributed by atoms with Crippen LogP contribution in [0.1, 0.15) is 23.5 Å². The first-order valence-electron chi connectivity index (χ1n) is 8.22. The Bertz CT molecular complexity index is 775. The average molecular weight is 324 g/mol. The maximum absolute atomic E-state index is 12.5. The Balaban J connectivity index is 1.43. The summed E-state index contributed by atoms with van der Waals surface area (Å²) in [5.74, 6) is 1.93. The number of carbonyl (C=O) groups excluding carboxylic acids is 1. The van der Waals surface area contributed by atoms with Crippen molar-refractivity contribution < 1.29 is 14.3 Å². The highest BCUT2D eigenvalue weighted by molar-refractivity contribution is 5.90. The van der Waals surface area contributed by atoms with Crippen LogP contribution in [-0.2, 0) is 0 Å². The lowest BCUT2D eigenvalue weighted by Crippen LogP contribution is -2.33. The first kappa shape index (κ1) is 14.9. The summed E-state index contributed by atoms with van der Waals surface area (Å²) >= 11 is 0. The molecule has 1 fully saturated rings. The van der Waals surface area contributed by atoms with Gasteiger partial charge in [0.1, 0.15) is 0 Å². The summed E-state index contributed by atoms with van der Waals surface area (Å²) in [5.41, 5.74) is 3.14. The molecule has 2 aromatic rings. The highest BCUT2D eigenvalue weighted by atomic mass is 16.7. The fourth-order valence-electron chi connectivity index (χ4n) is 3.29. The number of aryl methyl sites for hydroxylation is 1. The van der Waals surface area contributed by atoms with Gasteiger partial charge in [0.15, 0.2) is 11.5 Å². The number of nitrogens with one attached hydrogen (secondary N) is 1. The first-order chi connectivity index (χ1) is 11.7. The number of hydrogen-bond acceptors (Lipinski definition) is 3. The van der Waals surface area contributed by atoms with Gasteiger partial charge in [0.05, 0.1) is 0 Å². The lowest BCUT2D eigenvalue weighted by molar-refractivity contribution is 0.174. The lowest BCUT2D eigenvalue weighted by atomic mass is 9.98. The van der Waals surface area contributed by atoms with Crippen molar-refractivity contribution in [3.63, 3.8) is 0 Å². The molecule has 2 aliphatic heterocycles. The highest BCUT2D eigenvalue weighted by Crippen LogP contribution is 2.37. The third-order valence-corrected chi connectivity index (χ3v) is 4.73. The number of benzene rings is 2. The summed E-state index contributed by atoms with van der Waals surface area (Å²) < 4.78 is 10.8. The second-order valence-electron chi connectivity index (χ2n) is 6.29. The Hall–Kier alpha value is -2.69. The van der Waals surface area contributed by atoms with Crippen molar-refractivity contribution in [2.75, 3.05) is 25.2 Å². The third-order valence-electron chi connectivity index (χ3n) is 4.73. The van der Waals surface area contributed by atoms with Gasteiger partial charge in [-0.2, -0.15) is 0 Å². The van der Waals surface area contributed by atoms with Gasteiger partial charge in [-0.15, -0.1) is 0 Å². The van der Waals surface area contributed by atoms with Gasteiger partial charge in [0.25, 0.3) is 0 Å². The maximum atomic E-state index is 12.5. The Kier molecular flexibility index (Phi) is 3.76. The number of rotatable bonds is 2. The van der Waals surface area contributed by atoms with Crippen molar-refractivity contribution in [2.45, 2.75) is 19.3 Å². The highest BCUT2D eigenvalue weighted by Gasteiger charge is 2.28. The van der Waals surface area contributed by atoms with E-state index < -0.39 is 0 Å². The Morgan fingerprint density at radius 1 is 1.17 bits per heavy atom. The van der Waals surface area contributed by atoms with E-state index in [-0.39, 0.29) is 12.8 Å². The fraction of sp³-hybridized carbons (Fsp3) is 0.316. The number of nitrogens with zero attached hydrogens (tertiary/aromatic N) is 1. The van der Waals surface area contributed by atoms with E-state index in [9.17, 15) is 4.79 Å². The summed E-state index contributed by atoms with van der Waals surface area (Å²) in [5, 5.41) is 3.01. The minimum Gasteiger partial charge on any atom is -0.454 e. The van der Waals surface area contributed by atoms with Crippen LogP contribution in [0.3, 0.4) is 0 Å². The van der Waals surface area contributed by atoms with Crippen LogP contribution >= 0.6 is 0 Å². The summed E-state index contributed by atoms with van der Waals surface area (Å²) in [6.07, 6.45) is 0.959. The zero-order valence-corrected chi connectivity index (χ0v) is 13.6. The molecule has 2 aromatic carbocycles. The molecule has 2 heterocycles. The maximum Gasteiger partial charge on any atom is 0.321 e. The van der Waals surface area contributed by atoms with Crippen molar-refractivity contribution in [3.8, 4) is 11.5 Å². The molecular weight excluding hydrogens is 304 g/mol. The normalized spacial score (nSPS) is 18.7. The molecule has 1 saturated heterocycles. The number of hydrogen-bond donors (Lipinski definition) is 1. The number of anilines is 1. The number of ether oxygens (including phenoxy) is 2. The van der Waals surface area contributed by atoms with Gasteiger partial charge in [-0.25, -0.2) is 4.79 Å². The van der Waals surface area contributed by atoms with Crippen molar-refractivity contribution in [2.24, 2.45) is 0 Å². The summed E-state index contributed by atoms with van der Waals surface area (Å²) in [7, 11) is 0. The smallest absolute Gasteiger partial charge is 0.321 e. The number of para-hydroxylation sites is 1. The second-order valence-corrected chi connectivity index (χ2v) is 6.29. The van der Waals surface area contributed by atoms with E-state index in [1.165, 1.54) is 5.56 Å². The standard InChI is InChI=1S/C19H20N2O3/c1-13-4-2-3-5-16(13)20-19(22)21-9-8-15(11-21)14-6-7-17-18(10-14)24-12-23-17/h2-7,10,15H,8-9,11-12H2,1H3,(H,20,22)/t15-/m0/s1. The van der Waals surface area contributed by atoms with Crippen LogP contribution < -0.4 is 14.8 Å². The molecule has 2 aliphatic rings. The molecule has 1 atom stereocenters. The van der Waals surface area contributed by atoms with Crippen LogP contribution in [-0.4, -0.2) is 30.8 Å². The van der Waals surface area contributed by atoms with Crippen LogP contribution in [0.15, 0.2) is 42.5 Å². The molecule has 0 aromatic heterocycles. The molecular formula is C19H20N2O3. The number of amides is 2. The van der Waals surface area contributed by atoms with Gasteiger partial charge < -0.3 is 19.7 Å². The molecule has 0 unspecified atom stereocenters. The van der Waals surface area contributed by atoms with E-state index in [0.717, 1.165) is 42.3 Å². The molecule has 0 saturated carbocycles. The molecule has 5 nitrogen and oxygen atoms in total. The lowest BCUT2D eigenvalue weighted by Gasteiger charge is -2.18. The van der Waals surface area contributed by atoms with Crippen molar-refractivity contribution in [3.05, 3.63) is 53.6 Å². The largest absolute Gasteiger partial charge is 0.454 e.